The van der Waals surface area contributed by atoms with Gasteiger partial charge in [-0.2, -0.15) is 0 Å². The average Bonchev–Trinajstić information content (AvgIpc) is 2.61. The molecule has 0 aliphatic heterocycles. The molecule has 0 aliphatic carbocycles. The normalized spacial score (nSPS) is 12.4. The summed E-state index contributed by atoms with van der Waals surface area (Å²) in [5, 5.41) is 0. The van der Waals surface area contributed by atoms with Crippen LogP contribution in [0, 0.1) is 0 Å². The molecule has 1 aromatic carbocycles. The van der Waals surface area contributed by atoms with Gasteiger partial charge in [0.05, 0.1) is 13.2 Å². The second kappa shape index (κ2) is 12.9. The van der Waals surface area contributed by atoms with Crippen LogP contribution in [0.25, 0.3) is 0 Å². The van der Waals surface area contributed by atoms with Gasteiger partial charge >= 0.3 is 11.9 Å². The van der Waals surface area contributed by atoms with E-state index < -0.39 is 6.04 Å². The van der Waals surface area contributed by atoms with Crippen molar-refractivity contribution in [2.24, 2.45) is 4.99 Å². The summed E-state index contributed by atoms with van der Waals surface area (Å²) in [5.41, 5.74) is 0.940. The van der Waals surface area contributed by atoms with E-state index in [1.807, 2.05) is 42.5 Å². The Morgan fingerprint density at radius 1 is 1.08 bits per heavy atom. The Kier molecular flexibility index (Phi) is 10.7. The summed E-state index contributed by atoms with van der Waals surface area (Å²) in [7, 11) is 0. The van der Waals surface area contributed by atoms with Crippen molar-refractivity contribution >= 4 is 18.2 Å². The Morgan fingerprint density at radius 2 is 1.80 bits per heavy atom. The Balaban J connectivity index is 2.48. The molecular weight excluding hydrogens is 318 g/mol. The van der Waals surface area contributed by atoms with Gasteiger partial charge in [0.25, 0.3) is 0 Å². The molecule has 0 aliphatic rings. The molecule has 0 amide bonds. The van der Waals surface area contributed by atoms with Crippen LogP contribution in [-0.4, -0.2) is 37.4 Å². The largest absolute Gasteiger partial charge is 0.466 e. The van der Waals surface area contributed by atoms with Crippen molar-refractivity contribution in [3.8, 4) is 0 Å². The first-order valence-corrected chi connectivity index (χ1v) is 8.72. The van der Waals surface area contributed by atoms with Crippen molar-refractivity contribution < 1.29 is 19.1 Å². The maximum absolute atomic E-state index is 12.0. The van der Waals surface area contributed by atoms with Crippen molar-refractivity contribution in [2.75, 3.05) is 13.2 Å². The molecule has 0 heterocycles. The average molecular weight is 345 g/mol. The van der Waals surface area contributed by atoms with Crippen LogP contribution in [0.3, 0.4) is 0 Å². The van der Waals surface area contributed by atoms with Crippen LogP contribution in [-0.2, 0) is 19.1 Å². The third kappa shape index (κ3) is 9.45. The topological polar surface area (TPSA) is 65.0 Å². The van der Waals surface area contributed by atoms with Crippen LogP contribution >= 0.6 is 0 Å². The molecular formula is C20H27NO4. The molecule has 0 aromatic heterocycles. The zero-order valence-electron chi connectivity index (χ0n) is 15.0. The van der Waals surface area contributed by atoms with E-state index in [0.29, 0.717) is 26.1 Å². The molecule has 0 spiro atoms. The lowest BCUT2D eigenvalue weighted by Gasteiger charge is -2.09. The molecule has 25 heavy (non-hydrogen) atoms. The Bertz CT molecular complexity index is 566. The minimum absolute atomic E-state index is 0.173. The van der Waals surface area contributed by atoms with Gasteiger partial charge in [-0.25, -0.2) is 4.79 Å². The van der Waals surface area contributed by atoms with Gasteiger partial charge in [0, 0.05) is 12.6 Å². The molecule has 0 saturated carbocycles. The standard InChI is InChI=1S/C20H27NO4/c1-3-24-19(22)15-11-6-5-10-14-18(20(23)25-4-2)21-16-17-12-8-7-9-13-17/h5,7-10,12-13,16,18H,3-4,6,11,14-15H2,1-2H3. The lowest BCUT2D eigenvalue weighted by molar-refractivity contribution is -0.144. The summed E-state index contributed by atoms with van der Waals surface area (Å²) in [6.45, 7) is 4.32. The quantitative estimate of drug-likeness (QED) is 0.265. The fourth-order valence-corrected chi connectivity index (χ4v) is 2.11. The number of hydrogen-bond donors (Lipinski definition) is 0. The van der Waals surface area contributed by atoms with E-state index in [9.17, 15) is 9.59 Å². The lowest BCUT2D eigenvalue weighted by atomic mass is 10.1. The first-order chi connectivity index (χ1) is 12.2. The number of hydrogen-bond acceptors (Lipinski definition) is 5. The van der Waals surface area contributed by atoms with E-state index in [2.05, 4.69) is 4.99 Å². The van der Waals surface area contributed by atoms with E-state index in [1.54, 1.807) is 20.1 Å². The third-order valence-corrected chi connectivity index (χ3v) is 3.34. The summed E-state index contributed by atoms with van der Waals surface area (Å²) in [4.78, 5) is 27.6. The van der Waals surface area contributed by atoms with Gasteiger partial charge in [-0.3, -0.25) is 9.79 Å². The van der Waals surface area contributed by atoms with Crippen LogP contribution in [0.2, 0.25) is 0 Å². The zero-order chi connectivity index (χ0) is 18.3. The van der Waals surface area contributed by atoms with Crippen LogP contribution in [0.5, 0.6) is 0 Å². The second-order valence-electron chi connectivity index (χ2n) is 5.36. The SMILES string of the molecule is CCOC(=O)CCCC=CCC(N=Cc1ccccc1)C(=O)OCC. The molecule has 0 saturated heterocycles. The molecule has 5 heteroatoms. The van der Waals surface area contributed by atoms with Crippen LogP contribution in [0.4, 0.5) is 0 Å². The van der Waals surface area contributed by atoms with Crippen molar-refractivity contribution in [3.63, 3.8) is 0 Å². The fourth-order valence-electron chi connectivity index (χ4n) is 2.11. The zero-order valence-corrected chi connectivity index (χ0v) is 15.0. The predicted octanol–water partition coefficient (Wildman–Crippen LogP) is 3.72. The molecule has 1 aromatic rings. The second-order valence-corrected chi connectivity index (χ2v) is 5.36. The highest BCUT2D eigenvalue weighted by atomic mass is 16.5. The van der Waals surface area contributed by atoms with E-state index in [1.165, 1.54) is 0 Å². The van der Waals surface area contributed by atoms with Crippen molar-refractivity contribution in [3.05, 3.63) is 48.0 Å². The maximum atomic E-state index is 12.0. The maximum Gasteiger partial charge on any atom is 0.331 e. The monoisotopic (exact) mass is 345 g/mol. The van der Waals surface area contributed by atoms with Gasteiger partial charge < -0.3 is 9.47 Å². The van der Waals surface area contributed by atoms with Gasteiger partial charge in [0.15, 0.2) is 6.04 Å². The van der Waals surface area contributed by atoms with Gasteiger partial charge in [0.1, 0.15) is 0 Å². The van der Waals surface area contributed by atoms with E-state index in [-0.39, 0.29) is 11.9 Å². The first kappa shape index (κ1) is 20.6. The highest BCUT2D eigenvalue weighted by Gasteiger charge is 2.16. The van der Waals surface area contributed by atoms with Crippen LogP contribution in [0.1, 0.15) is 45.1 Å². The summed E-state index contributed by atoms with van der Waals surface area (Å²) in [6.07, 6.45) is 7.94. The van der Waals surface area contributed by atoms with Crippen LogP contribution < -0.4 is 0 Å². The molecule has 5 nitrogen and oxygen atoms in total. The van der Waals surface area contributed by atoms with Gasteiger partial charge in [-0.15, -0.1) is 0 Å². The molecule has 1 rings (SSSR count). The molecule has 136 valence electrons. The number of rotatable bonds is 11. The number of carbonyl (C=O) groups is 2. The molecule has 0 fully saturated rings. The smallest absolute Gasteiger partial charge is 0.331 e. The van der Waals surface area contributed by atoms with E-state index in [4.69, 9.17) is 9.47 Å². The number of esters is 2. The Hall–Kier alpha value is -2.43. The number of unbranched alkanes of at least 4 members (excludes halogenated alkanes) is 1. The number of aliphatic imine (C=N–C) groups is 1. The minimum atomic E-state index is -0.554. The van der Waals surface area contributed by atoms with Gasteiger partial charge in [-0.05, 0) is 38.7 Å². The van der Waals surface area contributed by atoms with Gasteiger partial charge in [-0.1, -0.05) is 42.5 Å². The van der Waals surface area contributed by atoms with Crippen molar-refractivity contribution in [1.82, 2.24) is 0 Å². The molecule has 1 atom stereocenters. The molecule has 0 N–H and O–H groups in total. The number of benzene rings is 1. The lowest BCUT2D eigenvalue weighted by Crippen LogP contribution is -2.21. The minimum Gasteiger partial charge on any atom is -0.466 e. The van der Waals surface area contributed by atoms with E-state index in [0.717, 1.165) is 18.4 Å². The highest BCUT2D eigenvalue weighted by Crippen LogP contribution is 2.06. The first-order valence-electron chi connectivity index (χ1n) is 8.72. The predicted molar refractivity (Wildman–Crippen MR) is 98.7 cm³/mol. The van der Waals surface area contributed by atoms with Crippen molar-refractivity contribution in [1.29, 1.82) is 0 Å². The molecule has 1 unspecified atom stereocenters. The van der Waals surface area contributed by atoms with E-state index >= 15 is 0 Å². The highest BCUT2D eigenvalue weighted by molar-refractivity contribution is 5.84. The third-order valence-electron chi connectivity index (χ3n) is 3.34. The Labute approximate surface area is 149 Å². The van der Waals surface area contributed by atoms with Gasteiger partial charge in [0.2, 0.25) is 0 Å². The summed E-state index contributed by atoms with van der Waals surface area (Å²) >= 11 is 0. The number of allylic oxidation sites excluding steroid dienone is 1. The number of ether oxygens (including phenoxy) is 2. The summed E-state index contributed by atoms with van der Waals surface area (Å²) in [5.74, 6) is -0.501. The number of nitrogens with zero attached hydrogens (tertiary/aromatic N) is 1. The van der Waals surface area contributed by atoms with Crippen LogP contribution in [0.15, 0.2) is 47.5 Å². The molecule has 0 bridgehead atoms. The Morgan fingerprint density at radius 3 is 2.48 bits per heavy atom. The fraction of sp³-hybridized carbons (Fsp3) is 0.450. The van der Waals surface area contributed by atoms with Crippen molar-refractivity contribution in [2.45, 2.75) is 45.6 Å². The molecule has 0 radical (unpaired) electrons. The summed E-state index contributed by atoms with van der Waals surface area (Å²) < 4.78 is 9.96. The number of carbonyl (C=O) groups excluding carboxylic acids is 2. The summed E-state index contributed by atoms with van der Waals surface area (Å²) in [6, 6.07) is 9.07.